The summed E-state index contributed by atoms with van der Waals surface area (Å²) >= 11 is 5.91. The number of imidazole rings is 1. The Bertz CT molecular complexity index is 1610. The predicted octanol–water partition coefficient (Wildman–Crippen LogP) is -0.228. The molecule has 0 bridgehead atoms. The van der Waals surface area contributed by atoms with Gasteiger partial charge in [0, 0.05) is 25.2 Å². The standard InChI is InChI=1S/C26H26ClN7O9/c1-2-25(41)15(43-20(17(25)35)34-12-30-16-18(28)31-23(27)32-19(16)34)11-42-26(21(36)37,22(38)39)10-13-4-6-14(7-5-13)33-9-3-8-29-24(33)40/h1,4-7,12,15,17,20,35,41H,3,8-11H2,(H,29,40)(H,36,37)(H,38,39)(H2,28,31,32)/t15-,17+,20-,25-/m1/s1. The Labute approximate surface area is 248 Å². The average Bonchev–Trinajstić information content (AvgIpc) is 3.50. The second-order valence-corrected chi connectivity index (χ2v) is 10.3. The number of aliphatic carboxylic acids is 2. The number of rotatable bonds is 9. The minimum absolute atomic E-state index is 0.0402. The molecule has 4 atom stereocenters. The van der Waals surface area contributed by atoms with E-state index in [0.717, 1.165) is 6.42 Å². The van der Waals surface area contributed by atoms with E-state index in [1.165, 1.54) is 27.9 Å². The summed E-state index contributed by atoms with van der Waals surface area (Å²) in [7, 11) is 0. The fourth-order valence-electron chi connectivity index (χ4n) is 5.01. The van der Waals surface area contributed by atoms with Crippen LogP contribution in [0, 0.1) is 12.3 Å². The predicted molar refractivity (Wildman–Crippen MR) is 148 cm³/mol. The third-order valence-electron chi connectivity index (χ3n) is 7.40. The van der Waals surface area contributed by atoms with Crippen LogP contribution in [0.3, 0.4) is 0 Å². The van der Waals surface area contributed by atoms with Crippen LogP contribution in [0.5, 0.6) is 0 Å². The van der Waals surface area contributed by atoms with Gasteiger partial charge in [0.05, 0.1) is 12.9 Å². The number of anilines is 2. The summed E-state index contributed by atoms with van der Waals surface area (Å²) in [5, 5.41) is 44.7. The number of urea groups is 1. The fraction of sp³-hybridized carbons (Fsp3) is 0.385. The molecule has 17 heteroatoms. The maximum absolute atomic E-state index is 12.4. The van der Waals surface area contributed by atoms with Crippen molar-refractivity contribution in [3.63, 3.8) is 0 Å². The van der Waals surface area contributed by atoms with Crippen molar-refractivity contribution in [1.82, 2.24) is 24.8 Å². The number of aliphatic hydroxyl groups is 2. The quantitative estimate of drug-likeness (QED) is 0.104. The van der Waals surface area contributed by atoms with Crippen molar-refractivity contribution >= 4 is 52.2 Å². The molecule has 43 heavy (non-hydrogen) atoms. The molecule has 2 fully saturated rings. The van der Waals surface area contributed by atoms with Crippen LogP contribution in [0.15, 0.2) is 30.6 Å². The lowest BCUT2D eigenvalue weighted by atomic mass is 9.91. The van der Waals surface area contributed by atoms with Crippen molar-refractivity contribution < 1.29 is 44.3 Å². The SMILES string of the molecule is C#C[C@@]1(O)[C@@H](COC(Cc2ccc(N3CCCNC3=O)cc2)(C(=O)O)C(=O)O)O[C@@H](n2cnc3c(N)nc(Cl)nc32)[C@@H]1O. The number of carboxylic acids is 2. The summed E-state index contributed by atoms with van der Waals surface area (Å²) < 4.78 is 12.5. The number of aliphatic hydroxyl groups excluding tert-OH is 1. The minimum atomic E-state index is -2.84. The van der Waals surface area contributed by atoms with Crippen molar-refractivity contribution in [1.29, 1.82) is 0 Å². The molecule has 2 amide bonds. The molecule has 2 aliphatic heterocycles. The Balaban J connectivity index is 1.39. The zero-order chi connectivity index (χ0) is 31.1. The molecule has 4 heterocycles. The molecular formula is C26H26ClN7O9. The Morgan fingerprint density at radius 2 is 1.98 bits per heavy atom. The highest BCUT2D eigenvalue weighted by molar-refractivity contribution is 6.28. The Kier molecular flexibility index (Phi) is 7.86. The first-order chi connectivity index (χ1) is 20.4. The highest BCUT2D eigenvalue weighted by Gasteiger charge is 2.58. The van der Waals surface area contributed by atoms with Crippen LogP contribution >= 0.6 is 11.6 Å². The summed E-state index contributed by atoms with van der Waals surface area (Å²) in [5.41, 5.74) is 1.49. The number of ether oxygens (including phenoxy) is 2. The number of carbonyl (C=O) groups excluding carboxylic acids is 1. The molecule has 0 aliphatic carbocycles. The lowest BCUT2D eigenvalue weighted by Gasteiger charge is -2.30. The van der Waals surface area contributed by atoms with E-state index in [9.17, 15) is 34.8 Å². The van der Waals surface area contributed by atoms with Gasteiger partial charge in [-0.25, -0.2) is 19.4 Å². The van der Waals surface area contributed by atoms with E-state index in [1.54, 1.807) is 12.1 Å². The van der Waals surface area contributed by atoms with Crippen molar-refractivity contribution in [2.75, 3.05) is 30.3 Å². The first kappa shape index (κ1) is 29.9. The number of nitrogen functional groups attached to an aromatic ring is 1. The summed E-state index contributed by atoms with van der Waals surface area (Å²) in [6.07, 6.45) is 1.95. The van der Waals surface area contributed by atoms with Gasteiger partial charge in [-0.3, -0.25) is 9.47 Å². The second kappa shape index (κ2) is 11.3. The van der Waals surface area contributed by atoms with E-state index in [-0.39, 0.29) is 33.9 Å². The smallest absolute Gasteiger partial charge is 0.348 e. The van der Waals surface area contributed by atoms with Gasteiger partial charge in [0.1, 0.15) is 17.7 Å². The molecule has 5 rings (SSSR count). The number of amides is 2. The minimum Gasteiger partial charge on any atom is -0.479 e. The number of nitrogens with two attached hydrogens (primary N) is 1. The molecule has 1 aromatic carbocycles. The fourth-order valence-corrected chi connectivity index (χ4v) is 5.18. The van der Waals surface area contributed by atoms with Crippen LogP contribution in [0.1, 0.15) is 18.2 Å². The third kappa shape index (κ3) is 5.17. The van der Waals surface area contributed by atoms with Gasteiger partial charge in [-0.2, -0.15) is 9.97 Å². The highest BCUT2D eigenvalue weighted by atomic mass is 35.5. The van der Waals surface area contributed by atoms with Crippen LogP contribution in [-0.4, -0.2) is 101 Å². The lowest BCUT2D eigenvalue weighted by molar-refractivity contribution is -0.191. The van der Waals surface area contributed by atoms with E-state index in [2.05, 4.69) is 20.3 Å². The number of aromatic nitrogens is 4. The van der Waals surface area contributed by atoms with Crippen LogP contribution in [0.4, 0.5) is 16.3 Å². The molecule has 226 valence electrons. The number of fused-ring (bicyclic) bond motifs is 1. The molecule has 0 radical (unpaired) electrons. The first-order valence-electron chi connectivity index (χ1n) is 12.9. The summed E-state index contributed by atoms with van der Waals surface area (Å²) in [4.78, 5) is 50.3. The van der Waals surface area contributed by atoms with Gasteiger partial charge in [0.15, 0.2) is 23.3 Å². The van der Waals surface area contributed by atoms with Crippen molar-refractivity contribution in [2.24, 2.45) is 0 Å². The summed E-state index contributed by atoms with van der Waals surface area (Å²) in [6.45, 7) is 0.179. The van der Waals surface area contributed by atoms with Crippen LogP contribution < -0.4 is 16.0 Å². The average molecular weight is 616 g/mol. The van der Waals surface area contributed by atoms with Crippen molar-refractivity contribution in [2.45, 2.75) is 42.5 Å². The summed E-state index contributed by atoms with van der Waals surface area (Å²) in [6, 6.07) is 5.80. The summed E-state index contributed by atoms with van der Waals surface area (Å²) in [5.74, 6) is -1.69. The van der Waals surface area contributed by atoms with Gasteiger partial charge in [0.2, 0.25) is 5.28 Å². The largest absolute Gasteiger partial charge is 0.479 e. The molecule has 7 N–H and O–H groups in total. The van der Waals surface area contributed by atoms with E-state index >= 15 is 0 Å². The Morgan fingerprint density at radius 1 is 1.28 bits per heavy atom. The van der Waals surface area contributed by atoms with Gasteiger partial charge in [0.25, 0.3) is 5.60 Å². The zero-order valence-corrected chi connectivity index (χ0v) is 23.0. The molecular weight excluding hydrogens is 590 g/mol. The molecule has 2 aliphatic rings. The molecule has 2 saturated heterocycles. The maximum atomic E-state index is 12.4. The van der Waals surface area contributed by atoms with E-state index < -0.39 is 54.6 Å². The van der Waals surface area contributed by atoms with E-state index in [4.69, 9.17) is 33.2 Å². The second-order valence-electron chi connectivity index (χ2n) is 9.96. The number of hydrogen-bond acceptors (Lipinski definition) is 11. The number of carbonyl (C=O) groups is 3. The zero-order valence-electron chi connectivity index (χ0n) is 22.3. The molecule has 0 spiro atoms. The maximum Gasteiger partial charge on any atom is 0.348 e. The van der Waals surface area contributed by atoms with Crippen LogP contribution in [-0.2, 0) is 25.5 Å². The van der Waals surface area contributed by atoms with Crippen LogP contribution in [0.25, 0.3) is 11.2 Å². The molecule has 3 aromatic rings. The topological polar surface area (TPSA) is 235 Å². The number of terminal acetylenes is 1. The molecule has 16 nitrogen and oxygen atoms in total. The number of hydrogen-bond donors (Lipinski definition) is 6. The van der Waals surface area contributed by atoms with Gasteiger partial charge >= 0.3 is 18.0 Å². The van der Waals surface area contributed by atoms with Crippen LogP contribution in [0.2, 0.25) is 5.28 Å². The van der Waals surface area contributed by atoms with Crippen molar-refractivity contribution in [3.8, 4) is 12.3 Å². The highest BCUT2D eigenvalue weighted by Crippen LogP contribution is 2.39. The Morgan fingerprint density at radius 3 is 2.60 bits per heavy atom. The van der Waals surface area contributed by atoms with Gasteiger partial charge < -0.3 is 41.0 Å². The van der Waals surface area contributed by atoms with Gasteiger partial charge in [-0.1, -0.05) is 18.1 Å². The number of nitrogens with one attached hydrogen (secondary N) is 1. The van der Waals surface area contributed by atoms with Gasteiger partial charge in [-0.05, 0) is 35.7 Å². The molecule has 2 aromatic heterocycles. The lowest BCUT2D eigenvalue weighted by Crippen LogP contribution is -2.55. The molecule has 0 saturated carbocycles. The van der Waals surface area contributed by atoms with Crippen molar-refractivity contribution in [3.05, 3.63) is 41.4 Å². The van der Waals surface area contributed by atoms with Gasteiger partial charge in [-0.15, -0.1) is 6.42 Å². The third-order valence-corrected chi connectivity index (χ3v) is 7.56. The Hall–Kier alpha value is -4.53. The number of halogens is 1. The number of carboxylic acid groups (broad SMARTS) is 2. The molecule has 0 unspecified atom stereocenters. The number of benzene rings is 1. The monoisotopic (exact) mass is 615 g/mol. The first-order valence-corrected chi connectivity index (χ1v) is 13.2. The van der Waals surface area contributed by atoms with E-state index in [0.29, 0.717) is 18.8 Å². The number of nitrogens with zero attached hydrogens (tertiary/aromatic N) is 5. The normalized spacial score (nSPS) is 24.1. The van der Waals surface area contributed by atoms with E-state index in [1.807, 2.05) is 5.92 Å².